The molecule has 3 N–H and O–H groups in total. The molecule has 3 aromatic rings. The molecule has 0 aromatic heterocycles. The summed E-state index contributed by atoms with van der Waals surface area (Å²) in [5, 5.41) is 5.46. The predicted molar refractivity (Wildman–Crippen MR) is 90.8 cm³/mol. The fraction of sp³-hybridized carbons (Fsp3) is 0. The summed E-state index contributed by atoms with van der Waals surface area (Å²) in [5.41, 5.74) is 7.92. The molecule has 0 saturated heterocycles. The van der Waals surface area contributed by atoms with E-state index in [9.17, 15) is 4.39 Å². The molecule has 0 fully saturated rings. The lowest BCUT2D eigenvalue weighted by molar-refractivity contribution is 0.621. The van der Waals surface area contributed by atoms with E-state index in [1.807, 2.05) is 59.0 Å². The molecule has 3 rings (SSSR count). The number of halogens is 2. The van der Waals surface area contributed by atoms with Crippen LogP contribution in [0.1, 0.15) is 0 Å². The fourth-order valence-electron chi connectivity index (χ4n) is 2.09. The minimum Gasteiger partial charge on any atom is -0.397 e. The van der Waals surface area contributed by atoms with Crippen LogP contribution < -0.4 is 11.1 Å². The molecule has 4 heteroatoms. The third-order valence-corrected chi connectivity index (χ3v) is 3.95. The van der Waals surface area contributed by atoms with Crippen LogP contribution in [0, 0.1) is 9.39 Å². The minimum atomic E-state index is -0.275. The van der Waals surface area contributed by atoms with E-state index in [0.29, 0.717) is 14.9 Å². The lowest BCUT2D eigenvalue weighted by Crippen LogP contribution is -1.98. The summed E-state index contributed by atoms with van der Waals surface area (Å²) < 4.78 is 14.1. The van der Waals surface area contributed by atoms with Crippen LogP contribution >= 0.6 is 22.6 Å². The van der Waals surface area contributed by atoms with Crippen molar-refractivity contribution in [3.05, 3.63) is 64.0 Å². The molecule has 0 aliphatic heterocycles. The normalized spacial score (nSPS) is 10.7. The quantitative estimate of drug-likeness (QED) is 0.491. The van der Waals surface area contributed by atoms with E-state index < -0.39 is 0 Å². The van der Waals surface area contributed by atoms with Gasteiger partial charge in [0, 0.05) is 11.8 Å². The molecule has 0 amide bonds. The molecule has 0 atom stereocenters. The summed E-state index contributed by atoms with van der Waals surface area (Å²) >= 11 is 1.93. The maximum atomic E-state index is 13.6. The molecular weight excluding hydrogens is 366 g/mol. The second-order valence-electron chi connectivity index (χ2n) is 4.54. The van der Waals surface area contributed by atoms with Crippen molar-refractivity contribution in [2.75, 3.05) is 11.1 Å². The second kappa shape index (κ2) is 5.28. The summed E-state index contributed by atoms with van der Waals surface area (Å²) in [4.78, 5) is 0. The van der Waals surface area contributed by atoms with Crippen molar-refractivity contribution in [2.24, 2.45) is 0 Å². The minimum absolute atomic E-state index is 0.275. The van der Waals surface area contributed by atoms with Crippen molar-refractivity contribution >= 4 is 50.4 Å². The van der Waals surface area contributed by atoms with Crippen LogP contribution in [0.25, 0.3) is 10.8 Å². The monoisotopic (exact) mass is 378 g/mol. The van der Waals surface area contributed by atoms with Crippen LogP contribution in [-0.2, 0) is 0 Å². The smallest absolute Gasteiger partial charge is 0.138 e. The average molecular weight is 378 g/mol. The van der Waals surface area contributed by atoms with Gasteiger partial charge in [-0.25, -0.2) is 4.39 Å². The number of nitrogens with one attached hydrogen (secondary N) is 1. The zero-order chi connectivity index (χ0) is 14.1. The maximum absolute atomic E-state index is 13.6. The molecule has 0 heterocycles. The van der Waals surface area contributed by atoms with Crippen LogP contribution in [0.2, 0.25) is 0 Å². The lowest BCUT2D eigenvalue weighted by atomic mass is 10.1. The van der Waals surface area contributed by atoms with Gasteiger partial charge in [-0.3, -0.25) is 0 Å². The van der Waals surface area contributed by atoms with E-state index in [-0.39, 0.29) is 5.82 Å². The predicted octanol–water partition coefficient (Wildman–Crippen LogP) is 4.91. The van der Waals surface area contributed by atoms with Crippen LogP contribution in [-0.4, -0.2) is 0 Å². The summed E-state index contributed by atoms with van der Waals surface area (Å²) in [6, 6.07) is 17.1. The summed E-state index contributed by atoms with van der Waals surface area (Å²) in [6.07, 6.45) is 0. The van der Waals surface area contributed by atoms with Crippen LogP contribution in [0.5, 0.6) is 0 Å². The van der Waals surface area contributed by atoms with E-state index in [0.717, 1.165) is 11.1 Å². The number of fused-ring (bicyclic) bond motifs is 1. The van der Waals surface area contributed by atoms with Crippen molar-refractivity contribution in [2.45, 2.75) is 0 Å². The Bertz CT molecular complexity index is 787. The van der Waals surface area contributed by atoms with E-state index in [2.05, 4.69) is 11.4 Å². The number of rotatable bonds is 2. The van der Waals surface area contributed by atoms with Gasteiger partial charge in [-0.1, -0.05) is 30.3 Å². The Morgan fingerprint density at radius 1 is 0.950 bits per heavy atom. The highest BCUT2D eigenvalue weighted by Gasteiger charge is 2.06. The van der Waals surface area contributed by atoms with Gasteiger partial charge >= 0.3 is 0 Å². The van der Waals surface area contributed by atoms with E-state index in [1.54, 1.807) is 6.07 Å². The first-order valence-electron chi connectivity index (χ1n) is 6.14. The molecule has 0 aliphatic rings. The SMILES string of the molecule is Nc1cc(I)c(F)cc1Nc1ccc2ccccc2c1. The van der Waals surface area contributed by atoms with Gasteiger partial charge in [-0.2, -0.15) is 0 Å². The number of anilines is 3. The van der Waals surface area contributed by atoms with Gasteiger partial charge in [0.2, 0.25) is 0 Å². The van der Waals surface area contributed by atoms with Gasteiger partial charge in [0.05, 0.1) is 14.9 Å². The zero-order valence-corrected chi connectivity index (χ0v) is 12.7. The first-order chi connectivity index (χ1) is 9.63. The van der Waals surface area contributed by atoms with Gasteiger partial charge in [0.1, 0.15) is 5.82 Å². The lowest BCUT2D eigenvalue weighted by Gasteiger charge is -2.11. The zero-order valence-electron chi connectivity index (χ0n) is 10.5. The summed E-state index contributed by atoms with van der Waals surface area (Å²) in [7, 11) is 0. The van der Waals surface area contributed by atoms with Gasteiger partial charge < -0.3 is 11.1 Å². The van der Waals surface area contributed by atoms with Crippen LogP contribution in [0.3, 0.4) is 0 Å². The van der Waals surface area contributed by atoms with E-state index >= 15 is 0 Å². The highest BCUT2D eigenvalue weighted by Crippen LogP contribution is 2.28. The van der Waals surface area contributed by atoms with Crippen molar-refractivity contribution in [3.8, 4) is 0 Å². The standard InChI is InChI=1S/C16H12FIN2/c17-13-8-16(15(19)9-14(13)18)20-12-6-5-10-3-1-2-4-11(10)7-12/h1-9,20H,19H2. The molecule has 0 spiro atoms. The van der Waals surface area contributed by atoms with Crippen molar-refractivity contribution in [3.63, 3.8) is 0 Å². The molecule has 0 aliphatic carbocycles. The molecule has 0 radical (unpaired) electrons. The molecule has 0 saturated carbocycles. The van der Waals surface area contributed by atoms with Crippen molar-refractivity contribution in [1.82, 2.24) is 0 Å². The van der Waals surface area contributed by atoms with Crippen LogP contribution in [0.4, 0.5) is 21.5 Å². The van der Waals surface area contributed by atoms with E-state index in [1.165, 1.54) is 11.5 Å². The van der Waals surface area contributed by atoms with Crippen molar-refractivity contribution < 1.29 is 4.39 Å². The number of hydrogen-bond acceptors (Lipinski definition) is 2. The number of benzene rings is 3. The first kappa shape index (κ1) is 13.2. The first-order valence-corrected chi connectivity index (χ1v) is 7.22. The Labute approximate surface area is 129 Å². The average Bonchev–Trinajstić information content (AvgIpc) is 2.44. The Balaban J connectivity index is 1.99. The second-order valence-corrected chi connectivity index (χ2v) is 5.70. The number of hydrogen-bond donors (Lipinski definition) is 2. The summed E-state index contributed by atoms with van der Waals surface area (Å²) in [6.45, 7) is 0. The molecule has 0 bridgehead atoms. The Kier molecular flexibility index (Phi) is 3.48. The van der Waals surface area contributed by atoms with Crippen LogP contribution in [0.15, 0.2) is 54.6 Å². The number of nitrogens with two attached hydrogens (primary N) is 1. The topological polar surface area (TPSA) is 38.0 Å². The van der Waals surface area contributed by atoms with E-state index in [4.69, 9.17) is 5.73 Å². The Morgan fingerprint density at radius 3 is 2.50 bits per heavy atom. The molecule has 0 unspecified atom stereocenters. The van der Waals surface area contributed by atoms with Gasteiger partial charge in [-0.05, 0) is 51.6 Å². The highest BCUT2D eigenvalue weighted by molar-refractivity contribution is 14.1. The highest BCUT2D eigenvalue weighted by atomic mass is 127. The maximum Gasteiger partial charge on any atom is 0.138 e. The fourth-order valence-corrected chi connectivity index (χ4v) is 2.58. The Morgan fingerprint density at radius 2 is 1.70 bits per heavy atom. The molecule has 100 valence electrons. The third kappa shape index (κ3) is 2.56. The molecular formula is C16H12FIN2. The van der Waals surface area contributed by atoms with Gasteiger partial charge in [0.25, 0.3) is 0 Å². The van der Waals surface area contributed by atoms with Crippen molar-refractivity contribution in [1.29, 1.82) is 0 Å². The number of nitrogen functional groups attached to an aromatic ring is 1. The molecule has 2 nitrogen and oxygen atoms in total. The van der Waals surface area contributed by atoms with Gasteiger partial charge in [-0.15, -0.1) is 0 Å². The van der Waals surface area contributed by atoms with Gasteiger partial charge in [0.15, 0.2) is 0 Å². The molecule has 20 heavy (non-hydrogen) atoms. The third-order valence-electron chi connectivity index (χ3n) is 3.12. The summed E-state index contributed by atoms with van der Waals surface area (Å²) in [5.74, 6) is -0.275. The largest absolute Gasteiger partial charge is 0.397 e. The Hall–Kier alpha value is -1.82. The molecule has 3 aromatic carbocycles.